The van der Waals surface area contributed by atoms with Gasteiger partial charge in [-0.3, -0.25) is 0 Å². The Morgan fingerprint density at radius 3 is 1.91 bits per heavy atom. The lowest BCUT2D eigenvalue weighted by Crippen LogP contribution is -1.95. The Labute approximate surface area is 196 Å². The van der Waals surface area contributed by atoms with Crippen LogP contribution in [0.2, 0.25) is 0 Å². The normalized spacial score (nSPS) is 11.7. The van der Waals surface area contributed by atoms with Gasteiger partial charge in [0, 0.05) is 27.5 Å². The molecule has 0 amide bonds. The Bertz CT molecular complexity index is 1820. The van der Waals surface area contributed by atoms with Gasteiger partial charge in [-0.05, 0) is 62.3 Å². The lowest BCUT2D eigenvalue weighted by molar-refractivity contribution is 0.641. The Morgan fingerprint density at radius 1 is 0.471 bits per heavy atom. The molecule has 0 bridgehead atoms. The maximum atomic E-state index is 15.2. The zero-order valence-electron chi connectivity index (χ0n) is 18.3. The van der Waals surface area contributed by atoms with Gasteiger partial charge < -0.3 is 5.32 Å². The van der Waals surface area contributed by atoms with Crippen molar-refractivity contribution in [3.8, 4) is 11.1 Å². The molecule has 0 saturated heterocycles. The molecule has 0 atom stereocenters. The summed E-state index contributed by atoms with van der Waals surface area (Å²) >= 11 is 0. The summed E-state index contributed by atoms with van der Waals surface area (Å²) in [5, 5.41) is 12.0. The highest BCUT2D eigenvalue weighted by Crippen LogP contribution is 2.40. The van der Waals surface area contributed by atoms with Crippen LogP contribution in [0.1, 0.15) is 0 Å². The molecule has 7 aromatic carbocycles. The first-order valence-electron chi connectivity index (χ1n) is 11.5. The van der Waals surface area contributed by atoms with Crippen molar-refractivity contribution in [3.63, 3.8) is 0 Å². The van der Waals surface area contributed by atoms with Crippen LogP contribution < -0.4 is 5.32 Å². The lowest BCUT2D eigenvalue weighted by atomic mass is 9.93. The van der Waals surface area contributed by atoms with Crippen molar-refractivity contribution in [2.45, 2.75) is 0 Å². The average Bonchev–Trinajstić information content (AvgIpc) is 2.89. The van der Waals surface area contributed by atoms with Crippen LogP contribution in [0.15, 0.2) is 115 Å². The smallest absolute Gasteiger partial charge is 0.133 e. The van der Waals surface area contributed by atoms with Gasteiger partial charge in [-0.1, -0.05) is 91.0 Å². The highest BCUT2D eigenvalue weighted by molar-refractivity contribution is 6.25. The van der Waals surface area contributed by atoms with E-state index >= 15 is 4.39 Å². The zero-order valence-corrected chi connectivity index (χ0v) is 18.3. The molecule has 0 aliphatic carbocycles. The molecule has 0 fully saturated rings. The summed E-state index contributed by atoms with van der Waals surface area (Å²) in [5.41, 5.74) is 4.04. The molecule has 7 rings (SSSR count). The van der Waals surface area contributed by atoms with E-state index in [9.17, 15) is 0 Å². The van der Waals surface area contributed by atoms with Crippen molar-refractivity contribution >= 4 is 54.5 Å². The number of hydrogen-bond acceptors (Lipinski definition) is 1. The van der Waals surface area contributed by atoms with E-state index in [2.05, 4.69) is 96.3 Å². The van der Waals surface area contributed by atoms with Crippen LogP contribution in [0.3, 0.4) is 0 Å². The van der Waals surface area contributed by atoms with Gasteiger partial charge in [-0.15, -0.1) is 0 Å². The third kappa shape index (κ3) is 2.93. The Hall–Kier alpha value is -4.43. The van der Waals surface area contributed by atoms with Crippen LogP contribution in [0, 0.1) is 5.82 Å². The molecule has 160 valence electrons. The van der Waals surface area contributed by atoms with Gasteiger partial charge in [-0.2, -0.15) is 0 Å². The molecular weight excluding hydrogens is 417 g/mol. The van der Waals surface area contributed by atoms with Gasteiger partial charge in [0.15, 0.2) is 0 Å². The van der Waals surface area contributed by atoms with Crippen molar-refractivity contribution in [2.24, 2.45) is 0 Å². The second-order valence-electron chi connectivity index (χ2n) is 8.85. The molecule has 1 nitrogen and oxygen atoms in total. The van der Waals surface area contributed by atoms with Gasteiger partial charge in [-0.25, -0.2) is 4.39 Å². The first-order chi connectivity index (χ1) is 16.7. The molecule has 0 spiro atoms. The number of rotatable bonds is 3. The number of hydrogen-bond donors (Lipinski definition) is 1. The summed E-state index contributed by atoms with van der Waals surface area (Å²) in [6.07, 6.45) is 0. The van der Waals surface area contributed by atoms with Crippen LogP contribution >= 0.6 is 0 Å². The van der Waals surface area contributed by atoms with Crippen molar-refractivity contribution < 1.29 is 4.39 Å². The van der Waals surface area contributed by atoms with Crippen LogP contribution in [-0.2, 0) is 0 Å². The molecule has 0 aliphatic heterocycles. The molecule has 0 aliphatic rings. The molecule has 34 heavy (non-hydrogen) atoms. The quantitative estimate of drug-likeness (QED) is 0.272. The molecule has 2 heteroatoms. The highest BCUT2D eigenvalue weighted by atomic mass is 19.1. The standard InChI is InChI=1S/C32H20FN/c33-29-19-30(28-17-13-23-7-3-6-22-12-16-27(29)32(28)31(22)23)34-26-14-10-21(11-15-26)25-9-8-20-4-1-2-5-24(20)18-25/h1-19,34H. The predicted molar refractivity (Wildman–Crippen MR) is 143 cm³/mol. The fourth-order valence-electron chi connectivity index (χ4n) is 5.16. The second-order valence-corrected chi connectivity index (χ2v) is 8.85. The van der Waals surface area contributed by atoms with E-state index in [0.717, 1.165) is 43.9 Å². The van der Waals surface area contributed by atoms with Crippen LogP contribution in [0.5, 0.6) is 0 Å². The van der Waals surface area contributed by atoms with Gasteiger partial charge in [0.1, 0.15) is 5.82 Å². The minimum atomic E-state index is -0.207. The van der Waals surface area contributed by atoms with Crippen molar-refractivity contribution in [1.29, 1.82) is 0 Å². The first kappa shape index (κ1) is 19.1. The summed E-state index contributed by atoms with van der Waals surface area (Å²) in [5.74, 6) is -0.207. The predicted octanol–water partition coefficient (Wildman–Crippen LogP) is 9.29. The molecule has 1 N–H and O–H groups in total. The monoisotopic (exact) mass is 437 g/mol. The first-order valence-corrected chi connectivity index (χ1v) is 11.5. The van der Waals surface area contributed by atoms with Gasteiger partial charge in [0.25, 0.3) is 0 Å². The van der Waals surface area contributed by atoms with Crippen molar-refractivity contribution in [3.05, 3.63) is 121 Å². The molecular formula is C32H20FN. The second kappa shape index (κ2) is 7.29. The van der Waals surface area contributed by atoms with Crippen LogP contribution in [-0.4, -0.2) is 0 Å². The highest BCUT2D eigenvalue weighted by Gasteiger charge is 2.14. The van der Waals surface area contributed by atoms with E-state index in [1.165, 1.54) is 16.3 Å². The fourth-order valence-corrected chi connectivity index (χ4v) is 5.16. The molecule has 0 unspecified atom stereocenters. The lowest BCUT2D eigenvalue weighted by Gasteiger charge is -2.16. The minimum Gasteiger partial charge on any atom is -0.355 e. The van der Waals surface area contributed by atoms with E-state index in [-0.39, 0.29) is 5.82 Å². The Balaban J connectivity index is 1.30. The number of halogens is 1. The van der Waals surface area contributed by atoms with E-state index in [0.29, 0.717) is 5.39 Å². The SMILES string of the molecule is Fc1cc(Nc2ccc(-c3ccc4ccccc4c3)cc2)c2ccc3cccc4ccc1c2c43. The number of anilines is 2. The summed E-state index contributed by atoms with van der Waals surface area (Å²) in [6.45, 7) is 0. The number of fused-ring (bicyclic) bond motifs is 1. The van der Waals surface area contributed by atoms with Crippen LogP contribution in [0.4, 0.5) is 15.8 Å². The molecule has 0 radical (unpaired) electrons. The van der Waals surface area contributed by atoms with E-state index in [1.807, 2.05) is 18.2 Å². The molecule has 0 saturated carbocycles. The number of benzene rings is 7. The van der Waals surface area contributed by atoms with Crippen molar-refractivity contribution in [2.75, 3.05) is 5.32 Å². The van der Waals surface area contributed by atoms with Crippen molar-refractivity contribution in [1.82, 2.24) is 0 Å². The van der Waals surface area contributed by atoms with E-state index < -0.39 is 0 Å². The fraction of sp³-hybridized carbons (Fsp3) is 0. The summed E-state index contributed by atoms with van der Waals surface area (Å²) in [7, 11) is 0. The molecule has 0 aromatic heterocycles. The maximum Gasteiger partial charge on any atom is 0.133 e. The average molecular weight is 438 g/mol. The van der Waals surface area contributed by atoms with E-state index in [1.54, 1.807) is 6.07 Å². The van der Waals surface area contributed by atoms with Gasteiger partial charge in [0.05, 0.1) is 0 Å². The summed E-state index contributed by atoms with van der Waals surface area (Å²) in [4.78, 5) is 0. The Kier molecular flexibility index (Phi) is 4.09. The van der Waals surface area contributed by atoms with Gasteiger partial charge >= 0.3 is 0 Å². The van der Waals surface area contributed by atoms with E-state index in [4.69, 9.17) is 0 Å². The largest absolute Gasteiger partial charge is 0.355 e. The number of nitrogens with one attached hydrogen (secondary N) is 1. The van der Waals surface area contributed by atoms with Crippen LogP contribution in [0.25, 0.3) is 54.2 Å². The zero-order chi connectivity index (χ0) is 22.6. The molecule has 7 aromatic rings. The van der Waals surface area contributed by atoms with Gasteiger partial charge in [0.2, 0.25) is 0 Å². The minimum absolute atomic E-state index is 0.207. The Morgan fingerprint density at radius 2 is 1.12 bits per heavy atom. The third-order valence-electron chi connectivity index (χ3n) is 6.84. The maximum absolute atomic E-state index is 15.2. The summed E-state index contributed by atoms with van der Waals surface area (Å²) in [6, 6.07) is 39.2. The summed E-state index contributed by atoms with van der Waals surface area (Å²) < 4.78 is 15.2. The topological polar surface area (TPSA) is 12.0 Å². The third-order valence-corrected chi connectivity index (χ3v) is 6.84. The molecule has 0 heterocycles.